The first-order valence-corrected chi connectivity index (χ1v) is 7.07. The summed E-state index contributed by atoms with van der Waals surface area (Å²) in [6.07, 6.45) is 3.45. The molecule has 0 spiro atoms. The Kier molecular flexibility index (Phi) is 4.95. The fraction of sp³-hybridized carbons (Fsp3) is 0.533. The van der Waals surface area contributed by atoms with Crippen molar-refractivity contribution in [1.29, 1.82) is 0 Å². The first kappa shape index (κ1) is 14.8. The van der Waals surface area contributed by atoms with Crippen molar-refractivity contribution in [3.05, 3.63) is 29.6 Å². The summed E-state index contributed by atoms with van der Waals surface area (Å²) in [7, 11) is 0. The van der Waals surface area contributed by atoms with Gasteiger partial charge in [0.25, 0.3) is 0 Å². The van der Waals surface area contributed by atoms with Crippen LogP contribution in [0.15, 0.2) is 18.2 Å². The molecule has 1 aromatic rings. The number of phenols is 1. The third-order valence-electron chi connectivity index (χ3n) is 3.43. The van der Waals surface area contributed by atoms with Crippen molar-refractivity contribution >= 4 is 5.91 Å². The minimum Gasteiger partial charge on any atom is -0.508 e. The van der Waals surface area contributed by atoms with Gasteiger partial charge in [-0.1, -0.05) is 6.07 Å². The lowest BCUT2D eigenvalue weighted by molar-refractivity contribution is -0.121. The molecule has 0 heterocycles. The number of nitrogens with one attached hydrogen (secondary N) is 2. The highest BCUT2D eigenvalue weighted by Gasteiger charge is 2.22. The van der Waals surface area contributed by atoms with Crippen LogP contribution in [0, 0.1) is 5.82 Å². The van der Waals surface area contributed by atoms with E-state index in [9.17, 15) is 14.3 Å². The molecular weight excluding hydrogens is 259 g/mol. The molecule has 2 rings (SSSR count). The molecule has 0 bridgehead atoms. The van der Waals surface area contributed by atoms with E-state index in [-0.39, 0.29) is 17.7 Å². The van der Waals surface area contributed by atoms with E-state index in [0.29, 0.717) is 24.6 Å². The van der Waals surface area contributed by atoms with Gasteiger partial charge >= 0.3 is 0 Å². The number of rotatable bonds is 7. The Morgan fingerprint density at radius 2 is 2.25 bits per heavy atom. The summed E-state index contributed by atoms with van der Waals surface area (Å²) in [4.78, 5) is 11.5. The molecule has 0 aromatic heterocycles. The van der Waals surface area contributed by atoms with Gasteiger partial charge in [0.05, 0.1) is 0 Å². The van der Waals surface area contributed by atoms with Crippen molar-refractivity contribution in [1.82, 2.24) is 10.6 Å². The maximum Gasteiger partial charge on any atom is 0.220 e. The lowest BCUT2D eigenvalue weighted by atomic mass is 10.1. The Bertz CT molecular complexity index is 475. The van der Waals surface area contributed by atoms with E-state index in [2.05, 4.69) is 10.6 Å². The standard InChI is InChI=1S/C15H21FN2O2/c1-10(13-7-4-11(16)9-14(13)19)17-8-2-3-15(20)18-12-5-6-12/h4,7,9-10,12,17,19H,2-3,5-6,8H2,1H3,(H,18,20). The fourth-order valence-corrected chi connectivity index (χ4v) is 2.09. The predicted octanol–water partition coefficient (Wildman–Crippen LogP) is 2.24. The highest BCUT2D eigenvalue weighted by Crippen LogP contribution is 2.24. The third kappa shape index (κ3) is 4.49. The second-order valence-electron chi connectivity index (χ2n) is 5.32. The molecule has 3 N–H and O–H groups in total. The van der Waals surface area contributed by atoms with E-state index in [1.54, 1.807) is 6.07 Å². The van der Waals surface area contributed by atoms with Crippen LogP contribution in [0.1, 0.15) is 44.2 Å². The number of hydrogen-bond donors (Lipinski definition) is 3. The monoisotopic (exact) mass is 280 g/mol. The van der Waals surface area contributed by atoms with Crippen LogP contribution >= 0.6 is 0 Å². The van der Waals surface area contributed by atoms with Crippen molar-refractivity contribution in [2.75, 3.05) is 6.54 Å². The molecule has 1 fully saturated rings. The molecule has 110 valence electrons. The summed E-state index contributed by atoms with van der Waals surface area (Å²) >= 11 is 0. The van der Waals surface area contributed by atoms with Gasteiger partial charge in [0.2, 0.25) is 5.91 Å². The van der Waals surface area contributed by atoms with Crippen molar-refractivity contribution in [2.24, 2.45) is 0 Å². The average Bonchev–Trinajstić information content (AvgIpc) is 3.18. The van der Waals surface area contributed by atoms with Gasteiger partial charge in [-0.05, 0) is 38.8 Å². The van der Waals surface area contributed by atoms with E-state index in [1.807, 2.05) is 6.92 Å². The first-order valence-electron chi connectivity index (χ1n) is 7.07. The summed E-state index contributed by atoms with van der Waals surface area (Å²) in [5.41, 5.74) is 0.661. The van der Waals surface area contributed by atoms with Gasteiger partial charge in [-0.25, -0.2) is 4.39 Å². The quantitative estimate of drug-likeness (QED) is 0.671. The zero-order chi connectivity index (χ0) is 14.5. The topological polar surface area (TPSA) is 61.4 Å². The molecule has 0 saturated heterocycles. The Labute approximate surface area is 118 Å². The molecule has 1 aliphatic rings. The summed E-state index contributed by atoms with van der Waals surface area (Å²) < 4.78 is 12.9. The van der Waals surface area contributed by atoms with E-state index >= 15 is 0 Å². The molecule has 1 aliphatic carbocycles. The molecule has 1 atom stereocenters. The highest BCUT2D eigenvalue weighted by atomic mass is 19.1. The Morgan fingerprint density at radius 1 is 1.50 bits per heavy atom. The lowest BCUT2D eigenvalue weighted by Crippen LogP contribution is -2.27. The Morgan fingerprint density at radius 3 is 2.90 bits per heavy atom. The fourth-order valence-electron chi connectivity index (χ4n) is 2.09. The SMILES string of the molecule is CC(NCCCC(=O)NC1CC1)c1ccc(F)cc1O. The Balaban J connectivity index is 1.68. The zero-order valence-corrected chi connectivity index (χ0v) is 11.7. The van der Waals surface area contributed by atoms with Crippen molar-refractivity contribution in [2.45, 2.75) is 44.7 Å². The minimum absolute atomic E-state index is 0.0449. The van der Waals surface area contributed by atoms with Gasteiger partial charge in [-0.15, -0.1) is 0 Å². The second kappa shape index (κ2) is 6.70. The molecule has 20 heavy (non-hydrogen) atoms. The number of aromatic hydroxyl groups is 1. The smallest absolute Gasteiger partial charge is 0.220 e. The van der Waals surface area contributed by atoms with Crippen LogP contribution in [0.25, 0.3) is 0 Å². The van der Waals surface area contributed by atoms with Gasteiger partial charge in [0.15, 0.2) is 0 Å². The van der Waals surface area contributed by atoms with E-state index in [1.165, 1.54) is 6.07 Å². The third-order valence-corrected chi connectivity index (χ3v) is 3.43. The van der Waals surface area contributed by atoms with Crippen molar-refractivity contribution < 1.29 is 14.3 Å². The number of benzene rings is 1. The van der Waals surface area contributed by atoms with Crippen LogP contribution in [0.3, 0.4) is 0 Å². The van der Waals surface area contributed by atoms with Crippen LogP contribution in [0.2, 0.25) is 0 Å². The minimum atomic E-state index is -0.449. The largest absolute Gasteiger partial charge is 0.508 e. The molecule has 0 aliphatic heterocycles. The zero-order valence-electron chi connectivity index (χ0n) is 11.7. The summed E-state index contributed by atoms with van der Waals surface area (Å²) in [6, 6.07) is 4.34. The number of carbonyl (C=O) groups excluding carboxylic acids is 1. The molecule has 4 nitrogen and oxygen atoms in total. The van der Waals surface area contributed by atoms with Crippen LogP contribution in [0.4, 0.5) is 4.39 Å². The molecular formula is C15H21FN2O2. The van der Waals surface area contributed by atoms with Gasteiger partial charge in [-0.2, -0.15) is 0 Å². The molecule has 1 amide bonds. The highest BCUT2D eigenvalue weighted by molar-refractivity contribution is 5.76. The molecule has 1 aromatic carbocycles. The maximum atomic E-state index is 12.9. The van der Waals surface area contributed by atoms with Gasteiger partial charge < -0.3 is 15.7 Å². The van der Waals surface area contributed by atoms with Crippen LogP contribution in [-0.4, -0.2) is 23.6 Å². The number of hydrogen-bond acceptors (Lipinski definition) is 3. The summed E-state index contributed by atoms with van der Waals surface area (Å²) in [5.74, 6) is -0.391. The average molecular weight is 280 g/mol. The van der Waals surface area contributed by atoms with Gasteiger partial charge in [0, 0.05) is 30.1 Å². The molecule has 1 saturated carbocycles. The number of halogens is 1. The summed E-state index contributed by atoms with van der Waals surface area (Å²) in [6.45, 7) is 2.58. The summed E-state index contributed by atoms with van der Waals surface area (Å²) in [5, 5.41) is 15.8. The van der Waals surface area contributed by atoms with E-state index in [0.717, 1.165) is 25.3 Å². The molecule has 5 heteroatoms. The van der Waals surface area contributed by atoms with Gasteiger partial charge in [0.1, 0.15) is 11.6 Å². The second-order valence-corrected chi connectivity index (χ2v) is 5.32. The number of phenolic OH excluding ortho intramolecular Hbond substituents is 1. The van der Waals surface area contributed by atoms with Crippen molar-refractivity contribution in [3.63, 3.8) is 0 Å². The van der Waals surface area contributed by atoms with Crippen LogP contribution < -0.4 is 10.6 Å². The van der Waals surface area contributed by atoms with Gasteiger partial charge in [-0.3, -0.25) is 4.79 Å². The van der Waals surface area contributed by atoms with Crippen LogP contribution in [0.5, 0.6) is 5.75 Å². The van der Waals surface area contributed by atoms with Crippen LogP contribution in [-0.2, 0) is 4.79 Å². The predicted molar refractivity (Wildman–Crippen MR) is 74.9 cm³/mol. The van der Waals surface area contributed by atoms with E-state index in [4.69, 9.17) is 0 Å². The molecule has 0 radical (unpaired) electrons. The maximum absolute atomic E-state index is 12.9. The van der Waals surface area contributed by atoms with E-state index < -0.39 is 5.82 Å². The van der Waals surface area contributed by atoms with Crippen molar-refractivity contribution in [3.8, 4) is 5.75 Å². The number of carbonyl (C=O) groups is 1. The number of amides is 1. The first-order chi connectivity index (χ1) is 9.56. The lowest BCUT2D eigenvalue weighted by Gasteiger charge is -2.15. The normalized spacial score (nSPS) is 15.9. The molecule has 1 unspecified atom stereocenters. The Hall–Kier alpha value is -1.62.